The summed E-state index contributed by atoms with van der Waals surface area (Å²) in [5.74, 6) is -1.90. The zero-order valence-electron chi connectivity index (χ0n) is 12.1. The number of hydrogen-bond acceptors (Lipinski definition) is 3. The van der Waals surface area contributed by atoms with Crippen molar-refractivity contribution in [2.45, 2.75) is 20.8 Å². The predicted molar refractivity (Wildman–Crippen MR) is 79.9 cm³/mol. The van der Waals surface area contributed by atoms with Crippen LogP contribution in [0.1, 0.15) is 20.8 Å². The smallest absolute Gasteiger partial charge is 0.328 e. The predicted octanol–water partition coefficient (Wildman–Crippen LogP) is 2.25. The Morgan fingerprint density at radius 1 is 1.05 bits per heavy atom. The highest BCUT2D eigenvalue weighted by Gasteiger charge is 2.21. The second-order valence-electron chi connectivity index (χ2n) is 5.45. The molecule has 0 atom stereocenters. The second-order valence-corrected chi connectivity index (χ2v) is 5.45. The fraction of sp³-hybridized carbons (Fsp3) is 0.267. The Balaban J connectivity index is 2.75. The van der Waals surface area contributed by atoms with E-state index in [0.29, 0.717) is 11.4 Å². The first-order chi connectivity index (χ1) is 9.68. The third-order valence-electron chi connectivity index (χ3n) is 2.45. The molecule has 0 aliphatic rings. The van der Waals surface area contributed by atoms with E-state index in [-0.39, 0.29) is 5.91 Å². The van der Waals surface area contributed by atoms with E-state index < -0.39 is 17.3 Å². The van der Waals surface area contributed by atoms with E-state index in [2.05, 4.69) is 10.6 Å². The normalized spacial score (nSPS) is 11.2. The molecule has 0 saturated carbocycles. The Morgan fingerprint density at radius 2 is 1.62 bits per heavy atom. The molecule has 0 saturated heterocycles. The second kappa shape index (κ2) is 6.69. The highest BCUT2D eigenvalue weighted by Crippen LogP contribution is 2.19. The van der Waals surface area contributed by atoms with Gasteiger partial charge in [0.15, 0.2) is 0 Å². The lowest BCUT2D eigenvalue weighted by Crippen LogP contribution is -2.27. The number of benzene rings is 1. The Bertz CT molecular complexity index is 586. The number of carbonyl (C=O) groups is 3. The van der Waals surface area contributed by atoms with E-state index in [1.807, 2.05) is 0 Å². The van der Waals surface area contributed by atoms with Crippen LogP contribution in [0.2, 0.25) is 0 Å². The largest absolute Gasteiger partial charge is 0.478 e. The number of anilines is 2. The monoisotopic (exact) mass is 290 g/mol. The van der Waals surface area contributed by atoms with Gasteiger partial charge in [-0.3, -0.25) is 9.59 Å². The molecule has 0 heterocycles. The summed E-state index contributed by atoms with van der Waals surface area (Å²) < 4.78 is 0. The van der Waals surface area contributed by atoms with E-state index in [1.54, 1.807) is 45.0 Å². The number of aliphatic carboxylic acids is 1. The van der Waals surface area contributed by atoms with Crippen LogP contribution in [-0.4, -0.2) is 22.9 Å². The van der Waals surface area contributed by atoms with Gasteiger partial charge in [-0.25, -0.2) is 4.79 Å². The molecule has 6 nitrogen and oxygen atoms in total. The van der Waals surface area contributed by atoms with Gasteiger partial charge in [0.25, 0.3) is 0 Å². The van der Waals surface area contributed by atoms with Crippen LogP contribution < -0.4 is 10.6 Å². The molecule has 3 N–H and O–H groups in total. The van der Waals surface area contributed by atoms with E-state index >= 15 is 0 Å². The van der Waals surface area contributed by atoms with Gasteiger partial charge in [0, 0.05) is 28.9 Å². The highest BCUT2D eigenvalue weighted by atomic mass is 16.4. The molecule has 0 unspecified atom stereocenters. The summed E-state index contributed by atoms with van der Waals surface area (Å²) in [6.45, 7) is 5.39. The van der Waals surface area contributed by atoms with E-state index in [9.17, 15) is 14.4 Å². The van der Waals surface area contributed by atoms with Gasteiger partial charge in [-0.05, 0) is 18.2 Å². The van der Waals surface area contributed by atoms with Crippen molar-refractivity contribution in [1.29, 1.82) is 0 Å². The van der Waals surface area contributed by atoms with E-state index in [1.165, 1.54) is 0 Å². The van der Waals surface area contributed by atoms with Gasteiger partial charge in [-0.15, -0.1) is 0 Å². The standard InChI is InChI=1S/C15H18N2O4/c1-15(2,3)14(21)17-11-6-4-5-10(9-11)16-12(18)7-8-13(19)20/h4-9H,1-3H3,(H,16,18)(H,17,21)(H,19,20)/b8-7+. The average molecular weight is 290 g/mol. The van der Waals surface area contributed by atoms with Crippen molar-refractivity contribution in [1.82, 2.24) is 0 Å². The quantitative estimate of drug-likeness (QED) is 0.741. The average Bonchev–Trinajstić information content (AvgIpc) is 2.35. The number of carboxylic acid groups (broad SMARTS) is 1. The molecule has 0 bridgehead atoms. The lowest BCUT2D eigenvalue weighted by atomic mass is 9.95. The van der Waals surface area contributed by atoms with Gasteiger partial charge >= 0.3 is 5.97 Å². The molecule has 1 aromatic carbocycles. The van der Waals surface area contributed by atoms with Gasteiger partial charge in [0.1, 0.15) is 0 Å². The number of carboxylic acids is 1. The van der Waals surface area contributed by atoms with Crippen LogP contribution in [0.15, 0.2) is 36.4 Å². The third-order valence-corrected chi connectivity index (χ3v) is 2.45. The van der Waals surface area contributed by atoms with Crippen LogP contribution in [0.5, 0.6) is 0 Å². The van der Waals surface area contributed by atoms with Crippen LogP contribution in [-0.2, 0) is 14.4 Å². The number of rotatable bonds is 4. The van der Waals surface area contributed by atoms with Crippen molar-refractivity contribution >= 4 is 29.2 Å². The molecule has 0 radical (unpaired) electrons. The summed E-state index contributed by atoms with van der Waals surface area (Å²) in [5, 5.41) is 13.7. The van der Waals surface area contributed by atoms with E-state index in [0.717, 1.165) is 12.2 Å². The Morgan fingerprint density at radius 3 is 2.14 bits per heavy atom. The first-order valence-electron chi connectivity index (χ1n) is 6.32. The van der Waals surface area contributed by atoms with Crippen LogP contribution in [0.25, 0.3) is 0 Å². The van der Waals surface area contributed by atoms with E-state index in [4.69, 9.17) is 5.11 Å². The Kier molecular flexibility index (Phi) is 5.24. The van der Waals surface area contributed by atoms with Gasteiger partial charge in [-0.2, -0.15) is 0 Å². The molecule has 0 fully saturated rings. The molecular weight excluding hydrogens is 272 g/mol. The molecule has 112 valence electrons. The van der Waals surface area contributed by atoms with Crippen molar-refractivity contribution in [2.24, 2.45) is 5.41 Å². The molecule has 0 aliphatic heterocycles. The zero-order valence-corrected chi connectivity index (χ0v) is 12.1. The summed E-state index contributed by atoms with van der Waals surface area (Å²) in [6.07, 6.45) is 1.67. The molecule has 21 heavy (non-hydrogen) atoms. The maximum absolute atomic E-state index is 11.9. The fourth-order valence-electron chi connectivity index (χ4n) is 1.32. The highest BCUT2D eigenvalue weighted by molar-refractivity contribution is 6.03. The minimum atomic E-state index is -1.20. The SMILES string of the molecule is CC(C)(C)C(=O)Nc1cccc(NC(=O)/C=C/C(=O)O)c1. The topological polar surface area (TPSA) is 95.5 Å². The number of amides is 2. The maximum Gasteiger partial charge on any atom is 0.328 e. The first kappa shape index (κ1) is 16.4. The first-order valence-corrected chi connectivity index (χ1v) is 6.32. The van der Waals surface area contributed by atoms with Gasteiger partial charge < -0.3 is 15.7 Å². The summed E-state index contributed by atoms with van der Waals surface area (Å²) in [4.78, 5) is 33.6. The third kappa shape index (κ3) is 5.90. The van der Waals surface area contributed by atoms with Crippen molar-refractivity contribution in [3.05, 3.63) is 36.4 Å². The van der Waals surface area contributed by atoms with Crippen molar-refractivity contribution in [3.8, 4) is 0 Å². The number of carbonyl (C=O) groups excluding carboxylic acids is 2. The molecule has 2 amide bonds. The molecule has 1 aromatic rings. The van der Waals surface area contributed by atoms with Crippen molar-refractivity contribution in [2.75, 3.05) is 10.6 Å². The zero-order chi connectivity index (χ0) is 16.0. The minimum Gasteiger partial charge on any atom is -0.478 e. The van der Waals surface area contributed by atoms with Gasteiger partial charge in [-0.1, -0.05) is 26.8 Å². The fourth-order valence-corrected chi connectivity index (χ4v) is 1.32. The van der Waals surface area contributed by atoms with Crippen molar-refractivity contribution in [3.63, 3.8) is 0 Å². The summed E-state index contributed by atoms with van der Waals surface area (Å²) in [7, 11) is 0. The summed E-state index contributed by atoms with van der Waals surface area (Å²) in [6, 6.07) is 6.61. The molecular formula is C15H18N2O4. The Labute approximate surface area is 122 Å². The number of nitrogens with one attached hydrogen (secondary N) is 2. The van der Waals surface area contributed by atoms with Crippen LogP contribution in [0, 0.1) is 5.41 Å². The number of hydrogen-bond donors (Lipinski definition) is 3. The molecule has 0 aliphatic carbocycles. The van der Waals surface area contributed by atoms with Crippen LogP contribution in [0.4, 0.5) is 11.4 Å². The van der Waals surface area contributed by atoms with Gasteiger partial charge in [0.2, 0.25) is 11.8 Å². The van der Waals surface area contributed by atoms with Crippen molar-refractivity contribution < 1.29 is 19.5 Å². The van der Waals surface area contributed by atoms with Crippen LogP contribution in [0.3, 0.4) is 0 Å². The molecule has 0 aromatic heterocycles. The molecule has 1 rings (SSSR count). The maximum atomic E-state index is 11.9. The molecule has 0 spiro atoms. The van der Waals surface area contributed by atoms with Gasteiger partial charge in [0.05, 0.1) is 0 Å². The van der Waals surface area contributed by atoms with Crippen LogP contribution >= 0.6 is 0 Å². The summed E-state index contributed by atoms with van der Waals surface area (Å²) >= 11 is 0. The molecule has 6 heteroatoms. The summed E-state index contributed by atoms with van der Waals surface area (Å²) in [5.41, 5.74) is 0.486. The lowest BCUT2D eigenvalue weighted by Gasteiger charge is -2.18. The lowest BCUT2D eigenvalue weighted by molar-refractivity contribution is -0.131. The minimum absolute atomic E-state index is 0.142. The Hall–Kier alpha value is -2.63.